The van der Waals surface area contributed by atoms with Gasteiger partial charge in [-0.05, 0) is 55.0 Å². The lowest BCUT2D eigenvalue weighted by molar-refractivity contribution is -0.157. The molecular formula is C26H21O7S3+. The molecule has 184 valence electrons. The number of rotatable bonds is 5. The van der Waals surface area contributed by atoms with Crippen LogP contribution in [0.3, 0.4) is 0 Å². The van der Waals surface area contributed by atoms with Gasteiger partial charge in [-0.1, -0.05) is 36.0 Å². The highest BCUT2D eigenvalue weighted by atomic mass is 32.2. The Hall–Kier alpha value is -2.50. The molecule has 10 heteroatoms. The van der Waals surface area contributed by atoms with Crippen molar-refractivity contribution in [3.05, 3.63) is 72.8 Å². The molecule has 5 unspecified atom stereocenters. The summed E-state index contributed by atoms with van der Waals surface area (Å²) in [4.78, 5) is 18.7. The molecule has 3 saturated heterocycles. The van der Waals surface area contributed by atoms with Crippen molar-refractivity contribution in [3.8, 4) is 5.75 Å². The van der Waals surface area contributed by atoms with Crippen LogP contribution in [0.2, 0.25) is 0 Å². The Morgan fingerprint density at radius 1 is 0.944 bits per heavy atom. The lowest BCUT2D eigenvalue weighted by Gasteiger charge is -2.21. The summed E-state index contributed by atoms with van der Waals surface area (Å²) in [6.45, 7) is -0.288. The van der Waals surface area contributed by atoms with Gasteiger partial charge in [-0.25, -0.2) is 4.79 Å². The topological polar surface area (TPSA) is 88.1 Å². The van der Waals surface area contributed by atoms with Crippen LogP contribution in [0.1, 0.15) is 6.42 Å². The molecule has 5 atom stereocenters. The van der Waals surface area contributed by atoms with E-state index < -0.39 is 45.8 Å². The summed E-state index contributed by atoms with van der Waals surface area (Å²) >= 11 is 1.80. The van der Waals surface area contributed by atoms with Crippen LogP contribution in [0.15, 0.2) is 97.3 Å². The first-order valence-corrected chi connectivity index (χ1v) is 15.1. The third-order valence-corrected chi connectivity index (χ3v) is 12.3. The SMILES string of the molecule is O=C(COc1ccc([S+]2c3ccccc3Sc3ccccc32)cc1)OC1C2CC3C(O2)C1OS3(=O)=O. The molecule has 7 nitrogen and oxygen atoms in total. The monoisotopic (exact) mass is 541 g/mol. The highest BCUT2D eigenvalue weighted by molar-refractivity contribution is 8.04. The largest absolute Gasteiger partial charge is 0.482 e. The second kappa shape index (κ2) is 8.53. The van der Waals surface area contributed by atoms with E-state index in [2.05, 4.69) is 48.5 Å². The molecule has 3 aromatic carbocycles. The average Bonchev–Trinajstić information content (AvgIpc) is 3.51. The van der Waals surface area contributed by atoms with Gasteiger partial charge in [0, 0.05) is 0 Å². The first-order valence-electron chi connectivity index (χ1n) is 11.6. The quantitative estimate of drug-likeness (QED) is 0.214. The average molecular weight is 542 g/mol. The molecule has 2 bridgehead atoms. The Morgan fingerprint density at radius 2 is 1.61 bits per heavy atom. The first-order chi connectivity index (χ1) is 17.5. The maximum atomic E-state index is 12.5. The summed E-state index contributed by atoms with van der Waals surface area (Å²) in [5, 5.41) is -0.653. The molecule has 3 aromatic rings. The fraction of sp³-hybridized carbons (Fsp3) is 0.269. The number of benzene rings is 3. The van der Waals surface area contributed by atoms with Gasteiger partial charge in [0.05, 0.1) is 15.9 Å². The van der Waals surface area contributed by atoms with E-state index in [0.717, 1.165) is 0 Å². The first kappa shape index (κ1) is 22.7. The maximum absolute atomic E-state index is 12.5. The van der Waals surface area contributed by atoms with E-state index in [0.29, 0.717) is 5.75 Å². The van der Waals surface area contributed by atoms with E-state index in [4.69, 9.17) is 18.4 Å². The third kappa shape index (κ3) is 3.66. The van der Waals surface area contributed by atoms with E-state index in [9.17, 15) is 13.2 Å². The molecule has 4 aliphatic rings. The molecule has 0 aliphatic carbocycles. The minimum Gasteiger partial charge on any atom is -0.482 e. The van der Waals surface area contributed by atoms with Crippen molar-refractivity contribution in [2.75, 3.05) is 6.61 Å². The minimum atomic E-state index is -3.65. The van der Waals surface area contributed by atoms with Crippen molar-refractivity contribution in [2.24, 2.45) is 0 Å². The van der Waals surface area contributed by atoms with Crippen LogP contribution in [-0.2, 0) is 39.5 Å². The Morgan fingerprint density at radius 3 is 2.31 bits per heavy atom. The number of carbonyl (C=O) groups is 1. The van der Waals surface area contributed by atoms with E-state index >= 15 is 0 Å². The van der Waals surface area contributed by atoms with Crippen LogP contribution in [-0.4, -0.2) is 50.7 Å². The van der Waals surface area contributed by atoms with Crippen LogP contribution in [0.5, 0.6) is 5.75 Å². The Balaban J connectivity index is 1.04. The second-order valence-electron chi connectivity index (χ2n) is 8.98. The zero-order valence-electron chi connectivity index (χ0n) is 18.8. The number of hydrogen-bond acceptors (Lipinski definition) is 8. The van der Waals surface area contributed by atoms with Crippen LogP contribution < -0.4 is 4.74 Å². The molecular weight excluding hydrogens is 520 g/mol. The Kier molecular flexibility index (Phi) is 5.37. The number of hydrogen-bond donors (Lipinski definition) is 0. The van der Waals surface area contributed by atoms with E-state index in [1.54, 1.807) is 11.8 Å². The number of carbonyl (C=O) groups excluding carboxylic acids is 1. The molecule has 0 aromatic heterocycles. The molecule has 0 saturated carbocycles. The van der Waals surface area contributed by atoms with Gasteiger partial charge in [-0.2, -0.15) is 8.42 Å². The lowest BCUT2D eigenvalue weighted by atomic mass is 9.94. The van der Waals surface area contributed by atoms with Crippen molar-refractivity contribution in [1.29, 1.82) is 0 Å². The molecule has 4 aliphatic heterocycles. The molecule has 0 radical (unpaired) electrons. The third-order valence-electron chi connectivity index (χ3n) is 6.83. The van der Waals surface area contributed by atoms with Crippen molar-refractivity contribution < 1.29 is 31.6 Å². The summed E-state index contributed by atoms with van der Waals surface area (Å²) in [5.74, 6) is -0.0325. The van der Waals surface area contributed by atoms with Gasteiger partial charge < -0.3 is 14.2 Å². The van der Waals surface area contributed by atoms with Crippen LogP contribution in [0, 0.1) is 0 Å². The van der Waals surface area contributed by atoms with E-state index in [1.165, 1.54) is 24.5 Å². The Bertz CT molecular complexity index is 1410. The molecule has 0 N–H and O–H groups in total. The number of esters is 1. The van der Waals surface area contributed by atoms with Crippen molar-refractivity contribution in [2.45, 2.75) is 60.6 Å². The van der Waals surface area contributed by atoms with E-state index in [-0.39, 0.29) is 23.9 Å². The van der Waals surface area contributed by atoms with E-state index in [1.807, 2.05) is 24.3 Å². The van der Waals surface area contributed by atoms with Gasteiger partial charge in [0.1, 0.15) is 34.1 Å². The van der Waals surface area contributed by atoms with Gasteiger partial charge in [-0.15, -0.1) is 0 Å². The summed E-state index contributed by atoms with van der Waals surface area (Å²) in [7, 11) is -3.89. The summed E-state index contributed by atoms with van der Waals surface area (Å²) in [6, 6.07) is 24.8. The molecule has 0 amide bonds. The van der Waals surface area contributed by atoms with Crippen LogP contribution in [0.25, 0.3) is 0 Å². The number of ether oxygens (including phenoxy) is 3. The van der Waals surface area contributed by atoms with Gasteiger partial charge >= 0.3 is 5.97 Å². The molecule has 7 rings (SSSR count). The second-order valence-corrected chi connectivity index (χ2v) is 13.8. The molecule has 0 spiro atoms. The fourth-order valence-corrected chi connectivity index (χ4v) is 10.6. The maximum Gasteiger partial charge on any atom is 0.344 e. The van der Waals surface area contributed by atoms with Gasteiger partial charge in [0.15, 0.2) is 27.4 Å². The predicted molar refractivity (Wildman–Crippen MR) is 132 cm³/mol. The van der Waals surface area contributed by atoms with Gasteiger partial charge in [0.2, 0.25) is 0 Å². The summed E-state index contributed by atoms with van der Waals surface area (Å²) in [6.07, 6.45) is -2.21. The standard InChI is InChI=1S/C26H21O7S3/c27-23(32-24-17-13-22-25(31-17)26(24)33-36(22,28)29)14-30-15-9-11-16(12-10-15)35-20-7-3-1-5-18(20)34-19-6-2-4-8-21(19)35/h1-12,17,22,24-26H,13-14H2/q+1. The molecule has 3 fully saturated rings. The molecule has 4 heterocycles. The van der Waals surface area contributed by atoms with Crippen molar-refractivity contribution in [1.82, 2.24) is 0 Å². The van der Waals surface area contributed by atoms with Gasteiger partial charge in [0.25, 0.3) is 10.1 Å². The lowest BCUT2D eigenvalue weighted by Crippen LogP contribution is -2.42. The Labute approximate surface area is 215 Å². The van der Waals surface area contributed by atoms with Crippen molar-refractivity contribution in [3.63, 3.8) is 0 Å². The smallest absolute Gasteiger partial charge is 0.344 e. The summed E-state index contributed by atoms with van der Waals surface area (Å²) < 4.78 is 46.1. The number of fused-ring (bicyclic) bond motifs is 3. The fourth-order valence-electron chi connectivity index (χ4n) is 5.27. The highest BCUT2D eigenvalue weighted by Gasteiger charge is 2.67. The highest BCUT2D eigenvalue weighted by Crippen LogP contribution is 2.49. The van der Waals surface area contributed by atoms with Crippen molar-refractivity contribution >= 4 is 38.7 Å². The zero-order valence-corrected chi connectivity index (χ0v) is 21.3. The zero-order chi connectivity index (χ0) is 24.4. The van der Waals surface area contributed by atoms with Crippen LogP contribution >= 0.6 is 11.8 Å². The minimum absolute atomic E-state index is 0.236. The van der Waals surface area contributed by atoms with Crippen LogP contribution in [0.4, 0.5) is 0 Å². The van der Waals surface area contributed by atoms with Gasteiger partial charge in [-0.3, -0.25) is 4.18 Å². The summed E-state index contributed by atoms with van der Waals surface area (Å²) in [5.41, 5.74) is 0. The predicted octanol–water partition coefficient (Wildman–Crippen LogP) is 3.81. The normalized spacial score (nSPS) is 28.9. The molecule has 36 heavy (non-hydrogen) atoms.